The molecular weight excluding hydrogens is 260 g/mol. The third kappa shape index (κ3) is 3.27. The molecule has 1 aliphatic rings. The zero-order valence-electron chi connectivity index (χ0n) is 11.6. The Morgan fingerprint density at radius 3 is 3.05 bits per heavy atom. The maximum atomic E-state index is 11.9. The molecule has 6 heteroatoms. The first-order valence-corrected chi connectivity index (χ1v) is 6.50. The van der Waals surface area contributed by atoms with Gasteiger partial charge in [-0.15, -0.1) is 0 Å². The highest BCUT2D eigenvalue weighted by molar-refractivity contribution is 6.00. The van der Waals surface area contributed by atoms with Crippen LogP contribution in [0.15, 0.2) is 18.2 Å². The van der Waals surface area contributed by atoms with Gasteiger partial charge in [-0.3, -0.25) is 9.59 Å². The molecule has 2 N–H and O–H groups in total. The summed E-state index contributed by atoms with van der Waals surface area (Å²) in [4.78, 5) is 23.4. The summed E-state index contributed by atoms with van der Waals surface area (Å²) in [5, 5.41) is 5.52. The van der Waals surface area contributed by atoms with Crippen LogP contribution in [0.4, 0.5) is 5.69 Å². The monoisotopic (exact) mass is 278 g/mol. The van der Waals surface area contributed by atoms with Gasteiger partial charge in [-0.05, 0) is 31.5 Å². The molecule has 1 heterocycles. The Kier molecular flexibility index (Phi) is 4.57. The molecule has 0 spiro atoms. The van der Waals surface area contributed by atoms with E-state index in [4.69, 9.17) is 9.47 Å². The standard InChI is InChI=1S/C14H18N2O4/c1-9-13(17)16-11-5-4-10(8-12(11)20-9)14(18)15-6-3-7-19-2/h4-5,8-9H,3,6-7H2,1-2H3,(H,15,18)(H,16,17). The number of carbonyl (C=O) groups excluding carboxylic acids is 2. The highest BCUT2D eigenvalue weighted by Gasteiger charge is 2.24. The summed E-state index contributed by atoms with van der Waals surface area (Å²) in [6, 6.07) is 4.96. The van der Waals surface area contributed by atoms with E-state index in [2.05, 4.69) is 10.6 Å². The molecule has 20 heavy (non-hydrogen) atoms. The van der Waals surface area contributed by atoms with Gasteiger partial charge in [0.15, 0.2) is 6.10 Å². The predicted molar refractivity (Wildman–Crippen MR) is 74.0 cm³/mol. The quantitative estimate of drug-likeness (QED) is 0.793. The summed E-state index contributed by atoms with van der Waals surface area (Å²) < 4.78 is 10.4. The average molecular weight is 278 g/mol. The molecule has 0 bridgehead atoms. The van der Waals surface area contributed by atoms with Gasteiger partial charge in [0.05, 0.1) is 5.69 Å². The Morgan fingerprint density at radius 1 is 1.50 bits per heavy atom. The Labute approximate surface area is 117 Å². The lowest BCUT2D eigenvalue weighted by Crippen LogP contribution is -2.34. The van der Waals surface area contributed by atoms with Gasteiger partial charge in [0, 0.05) is 25.8 Å². The summed E-state index contributed by atoms with van der Waals surface area (Å²) in [5.74, 6) is 0.160. The van der Waals surface area contributed by atoms with Gasteiger partial charge in [0.1, 0.15) is 5.75 Å². The lowest BCUT2D eigenvalue weighted by atomic mass is 10.1. The van der Waals surface area contributed by atoms with E-state index in [-0.39, 0.29) is 11.8 Å². The second kappa shape index (κ2) is 6.38. The highest BCUT2D eigenvalue weighted by atomic mass is 16.5. The molecule has 0 aromatic heterocycles. The normalized spacial score (nSPS) is 16.9. The van der Waals surface area contributed by atoms with Gasteiger partial charge in [-0.25, -0.2) is 0 Å². The third-order valence-corrected chi connectivity index (χ3v) is 2.99. The largest absolute Gasteiger partial charge is 0.479 e. The van der Waals surface area contributed by atoms with Crippen molar-refractivity contribution in [3.8, 4) is 5.75 Å². The Hall–Kier alpha value is -2.08. The molecule has 1 aliphatic heterocycles. The number of hydrogen-bond donors (Lipinski definition) is 2. The molecule has 0 saturated carbocycles. The smallest absolute Gasteiger partial charge is 0.265 e. The van der Waals surface area contributed by atoms with Crippen molar-refractivity contribution in [3.63, 3.8) is 0 Å². The van der Waals surface area contributed by atoms with E-state index in [1.807, 2.05) is 0 Å². The maximum Gasteiger partial charge on any atom is 0.265 e. The van der Waals surface area contributed by atoms with E-state index in [0.29, 0.717) is 30.2 Å². The number of nitrogens with one attached hydrogen (secondary N) is 2. The second-order valence-electron chi connectivity index (χ2n) is 4.56. The van der Waals surface area contributed by atoms with E-state index < -0.39 is 6.10 Å². The number of benzene rings is 1. The molecular formula is C14H18N2O4. The van der Waals surface area contributed by atoms with Crippen LogP contribution in [0, 0.1) is 0 Å². The molecule has 6 nitrogen and oxygen atoms in total. The van der Waals surface area contributed by atoms with Crippen LogP contribution in [-0.4, -0.2) is 38.2 Å². The van der Waals surface area contributed by atoms with Crippen molar-refractivity contribution in [3.05, 3.63) is 23.8 Å². The van der Waals surface area contributed by atoms with E-state index in [1.165, 1.54) is 0 Å². The third-order valence-electron chi connectivity index (χ3n) is 2.99. The number of methoxy groups -OCH3 is 1. The SMILES string of the molecule is COCCCNC(=O)c1ccc2c(c1)OC(C)C(=O)N2. The number of ether oxygens (including phenoxy) is 2. The summed E-state index contributed by atoms with van der Waals surface area (Å²) in [6.45, 7) is 2.82. The number of hydrogen-bond acceptors (Lipinski definition) is 4. The lowest BCUT2D eigenvalue weighted by molar-refractivity contribution is -0.122. The number of carbonyl (C=O) groups is 2. The molecule has 108 valence electrons. The fourth-order valence-electron chi connectivity index (χ4n) is 1.86. The molecule has 0 radical (unpaired) electrons. The van der Waals surface area contributed by atoms with Gasteiger partial charge >= 0.3 is 0 Å². The number of fused-ring (bicyclic) bond motifs is 1. The van der Waals surface area contributed by atoms with Crippen molar-refractivity contribution < 1.29 is 19.1 Å². The van der Waals surface area contributed by atoms with Crippen molar-refractivity contribution in [2.45, 2.75) is 19.4 Å². The molecule has 1 unspecified atom stereocenters. The van der Waals surface area contributed by atoms with Crippen LogP contribution in [-0.2, 0) is 9.53 Å². The molecule has 1 atom stereocenters. The fourth-order valence-corrected chi connectivity index (χ4v) is 1.86. The minimum absolute atomic E-state index is 0.169. The minimum Gasteiger partial charge on any atom is -0.479 e. The van der Waals surface area contributed by atoms with Crippen molar-refractivity contribution in [2.24, 2.45) is 0 Å². The second-order valence-corrected chi connectivity index (χ2v) is 4.56. The Balaban J connectivity index is 2.02. The van der Waals surface area contributed by atoms with Gasteiger partial charge < -0.3 is 20.1 Å². The van der Waals surface area contributed by atoms with Crippen molar-refractivity contribution >= 4 is 17.5 Å². The van der Waals surface area contributed by atoms with E-state index in [0.717, 1.165) is 6.42 Å². The first-order chi connectivity index (χ1) is 9.61. The number of rotatable bonds is 5. The van der Waals surface area contributed by atoms with E-state index in [9.17, 15) is 9.59 Å². The average Bonchev–Trinajstić information content (AvgIpc) is 2.44. The fraction of sp³-hybridized carbons (Fsp3) is 0.429. The molecule has 1 aromatic rings. The lowest BCUT2D eigenvalue weighted by Gasteiger charge is -2.23. The van der Waals surface area contributed by atoms with Crippen molar-refractivity contribution in [1.29, 1.82) is 0 Å². The Morgan fingerprint density at radius 2 is 2.30 bits per heavy atom. The van der Waals surface area contributed by atoms with Crippen molar-refractivity contribution in [1.82, 2.24) is 5.32 Å². The first kappa shape index (κ1) is 14.3. The summed E-state index contributed by atoms with van der Waals surface area (Å²) in [6.07, 6.45) is 0.207. The maximum absolute atomic E-state index is 11.9. The zero-order valence-corrected chi connectivity index (χ0v) is 11.6. The van der Waals surface area contributed by atoms with Crippen LogP contribution in [0.25, 0.3) is 0 Å². The van der Waals surface area contributed by atoms with Crippen LogP contribution in [0.1, 0.15) is 23.7 Å². The van der Waals surface area contributed by atoms with Crippen LogP contribution in [0.3, 0.4) is 0 Å². The summed E-state index contributed by atoms with van der Waals surface area (Å²) >= 11 is 0. The van der Waals surface area contributed by atoms with Gasteiger partial charge in [0.25, 0.3) is 11.8 Å². The number of anilines is 1. The molecule has 0 fully saturated rings. The first-order valence-electron chi connectivity index (χ1n) is 6.50. The van der Waals surface area contributed by atoms with Crippen LogP contribution >= 0.6 is 0 Å². The van der Waals surface area contributed by atoms with Crippen LogP contribution in [0.2, 0.25) is 0 Å². The predicted octanol–water partition coefficient (Wildman–Crippen LogP) is 1.17. The molecule has 1 aromatic carbocycles. The van der Waals surface area contributed by atoms with Crippen molar-refractivity contribution in [2.75, 3.05) is 25.6 Å². The molecule has 0 saturated heterocycles. The minimum atomic E-state index is -0.553. The number of amides is 2. The topological polar surface area (TPSA) is 76.7 Å². The summed E-state index contributed by atoms with van der Waals surface area (Å²) in [5.41, 5.74) is 1.09. The van der Waals surface area contributed by atoms with Gasteiger partial charge in [-0.1, -0.05) is 0 Å². The van der Waals surface area contributed by atoms with Crippen LogP contribution in [0.5, 0.6) is 5.75 Å². The summed E-state index contributed by atoms with van der Waals surface area (Å²) in [7, 11) is 1.62. The zero-order chi connectivity index (χ0) is 14.5. The van der Waals surface area contributed by atoms with E-state index >= 15 is 0 Å². The van der Waals surface area contributed by atoms with Crippen LogP contribution < -0.4 is 15.4 Å². The van der Waals surface area contributed by atoms with Gasteiger partial charge in [0.2, 0.25) is 0 Å². The van der Waals surface area contributed by atoms with Gasteiger partial charge in [-0.2, -0.15) is 0 Å². The Bertz CT molecular complexity index is 516. The molecule has 0 aliphatic carbocycles. The van der Waals surface area contributed by atoms with E-state index in [1.54, 1.807) is 32.2 Å². The molecule has 2 rings (SSSR count). The molecule has 2 amide bonds. The highest BCUT2D eigenvalue weighted by Crippen LogP contribution is 2.30.